The minimum atomic E-state index is -0.361. The summed E-state index contributed by atoms with van der Waals surface area (Å²) >= 11 is 0. The van der Waals surface area contributed by atoms with Crippen molar-refractivity contribution in [3.63, 3.8) is 0 Å². The van der Waals surface area contributed by atoms with Crippen LogP contribution in [0.4, 0.5) is 0 Å². The Balaban J connectivity index is 2.25. The summed E-state index contributed by atoms with van der Waals surface area (Å²) in [5.74, 6) is -0.396. The zero-order chi connectivity index (χ0) is 11.3. The van der Waals surface area contributed by atoms with E-state index in [0.29, 0.717) is 25.9 Å². The van der Waals surface area contributed by atoms with Crippen LogP contribution in [0.25, 0.3) is 0 Å². The van der Waals surface area contributed by atoms with Gasteiger partial charge in [0, 0.05) is 19.5 Å². The maximum atomic E-state index is 11.6. The number of likely N-dealkylation sites (tertiary alicyclic amines) is 1. The number of carbonyl (C=O) groups is 2. The normalized spacial score (nSPS) is 17.6. The van der Waals surface area contributed by atoms with Crippen LogP contribution in [0.3, 0.4) is 0 Å². The van der Waals surface area contributed by atoms with Crippen molar-refractivity contribution in [1.29, 1.82) is 0 Å². The SMILES string of the molecule is COC(=O)CCC(=O)N1CCC(O)CC1. The number of esters is 1. The van der Waals surface area contributed by atoms with Crippen molar-refractivity contribution < 1.29 is 19.4 Å². The molecule has 5 nitrogen and oxygen atoms in total. The third-order valence-corrected chi connectivity index (χ3v) is 2.59. The van der Waals surface area contributed by atoms with E-state index in [1.165, 1.54) is 7.11 Å². The minimum Gasteiger partial charge on any atom is -0.469 e. The molecule has 0 aromatic heterocycles. The number of nitrogens with zero attached hydrogens (tertiary/aromatic N) is 1. The van der Waals surface area contributed by atoms with Gasteiger partial charge in [0.25, 0.3) is 0 Å². The summed E-state index contributed by atoms with van der Waals surface area (Å²) in [6.07, 6.45) is 1.31. The molecule has 1 aliphatic rings. The standard InChI is InChI=1S/C10H17NO4/c1-15-10(14)3-2-9(13)11-6-4-8(12)5-7-11/h8,12H,2-7H2,1H3. The number of carbonyl (C=O) groups excluding carboxylic acids is 2. The maximum absolute atomic E-state index is 11.6. The molecule has 0 unspecified atom stereocenters. The fourth-order valence-electron chi connectivity index (χ4n) is 1.58. The number of piperidine rings is 1. The maximum Gasteiger partial charge on any atom is 0.306 e. The van der Waals surface area contributed by atoms with E-state index in [0.717, 1.165) is 0 Å². The Morgan fingerprint density at radius 1 is 1.33 bits per heavy atom. The summed E-state index contributed by atoms with van der Waals surface area (Å²) in [6, 6.07) is 0. The molecule has 1 rings (SSSR count). The van der Waals surface area contributed by atoms with E-state index in [-0.39, 0.29) is 30.8 Å². The smallest absolute Gasteiger partial charge is 0.306 e. The van der Waals surface area contributed by atoms with Gasteiger partial charge in [-0.15, -0.1) is 0 Å². The minimum absolute atomic E-state index is 0.0349. The van der Waals surface area contributed by atoms with Gasteiger partial charge in [-0.25, -0.2) is 0 Å². The van der Waals surface area contributed by atoms with Gasteiger partial charge in [-0.05, 0) is 12.8 Å². The van der Waals surface area contributed by atoms with E-state index in [2.05, 4.69) is 4.74 Å². The van der Waals surface area contributed by atoms with E-state index in [4.69, 9.17) is 0 Å². The number of amides is 1. The number of aliphatic hydroxyl groups is 1. The summed E-state index contributed by atoms with van der Waals surface area (Å²) in [5.41, 5.74) is 0. The van der Waals surface area contributed by atoms with Crippen LogP contribution in [-0.2, 0) is 14.3 Å². The molecule has 0 aromatic carbocycles. The molecule has 0 bridgehead atoms. The summed E-state index contributed by atoms with van der Waals surface area (Å²) in [5, 5.41) is 9.25. The Morgan fingerprint density at radius 2 is 1.93 bits per heavy atom. The zero-order valence-electron chi connectivity index (χ0n) is 8.94. The lowest BCUT2D eigenvalue weighted by atomic mass is 10.1. The number of aliphatic hydroxyl groups excluding tert-OH is 1. The van der Waals surface area contributed by atoms with Gasteiger partial charge < -0.3 is 14.7 Å². The highest BCUT2D eigenvalue weighted by atomic mass is 16.5. The third-order valence-electron chi connectivity index (χ3n) is 2.59. The number of hydrogen-bond donors (Lipinski definition) is 1. The molecule has 0 aliphatic carbocycles. The van der Waals surface area contributed by atoms with E-state index in [9.17, 15) is 14.7 Å². The Morgan fingerprint density at radius 3 is 2.47 bits per heavy atom. The second-order valence-electron chi connectivity index (χ2n) is 3.69. The van der Waals surface area contributed by atoms with Gasteiger partial charge in [0.15, 0.2) is 0 Å². The second kappa shape index (κ2) is 5.70. The summed E-state index contributed by atoms with van der Waals surface area (Å²) in [6.45, 7) is 1.17. The molecule has 1 saturated heterocycles. The highest BCUT2D eigenvalue weighted by Crippen LogP contribution is 2.11. The van der Waals surface area contributed by atoms with Crippen molar-refractivity contribution in [3.8, 4) is 0 Å². The second-order valence-corrected chi connectivity index (χ2v) is 3.69. The molecule has 0 spiro atoms. The Labute approximate surface area is 89.0 Å². The van der Waals surface area contributed by atoms with Crippen molar-refractivity contribution >= 4 is 11.9 Å². The number of hydrogen-bond acceptors (Lipinski definition) is 4. The molecular formula is C10H17NO4. The average molecular weight is 215 g/mol. The Bertz CT molecular complexity index is 234. The monoisotopic (exact) mass is 215 g/mol. The van der Waals surface area contributed by atoms with Gasteiger partial charge >= 0.3 is 5.97 Å². The molecule has 0 atom stereocenters. The first-order chi connectivity index (χ1) is 7.13. The molecule has 0 saturated carbocycles. The first-order valence-corrected chi connectivity index (χ1v) is 5.16. The van der Waals surface area contributed by atoms with Gasteiger partial charge in [-0.1, -0.05) is 0 Å². The van der Waals surface area contributed by atoms with Crippen LogP contribution in [0, 0.1) is 0 Å². The largest absolute Gasteiger partial charge is 0.469 e. The van der Waals surface area contributed by atoms with E-state index in [1.807, 2.05) is 0 Å². The van der Waals surface area contributed by atoms with E-state index in [1.54, 1.807) is 4.90 Å². The first kappa shape index (κ1) is 12.0. The topological polar surface area (TPSA) is 66.8 Å². The zero-order valence-corrected chi connectivity index (χ0v) is 8.94. The Kier molecular flexibility index (Phi) is 4.55. The molecule has 1 heterocycles. The first-order valence-electron chi connectivity index (χ1n) is 5.16. The molecule has 0 radical (unpaired) electrons. The molecule has 15 heavy (non-hydrogen) atoms. The molecule has 1 N–H and O–H groups in total. The van der Waals surface area contributed by atoms with Crippen molar-refractivity contribution in [3.05, 3.63) is 0 Å². The lowest BCUT2D eigenvalue weighted by Gasteiger charge is -2.29. The molecule has 1 amide bonds. The van der Waals surface area contributed by atoms with Gasteiger partial charge in [0.05, 0.1) is 19.6 Å². The fourth-order valence-corrected chi connectivity index (χ4v) is 1.58. The number of methoxy groups -OCH3 is 1. The van der Waals surface area contributed by atoms with E-state index >= 15 is 0 Å². The highest BCUT2D eigenvalue weighted by Gasteiger charge is 2.21. The molecular weight excluding hydrogens is 198 g/mol. The predicted octanol–water partition coefficient (Wildman–Crippen LogP) is -0.0771. The highest BCUT2D eigenvalue weighted by molar-refractivity contribution is 5.81. The number of rotatable bonds is 3. The van der Waals surface area contributed by atoms with Gasteiger partial charge in [0.2, 0.25) is 5.91 Å². The summed E-state index contributed by atoms with van der Waals surface area (Å²) in [7, 11) is 1.31. The molecule has 0 aromatic rings. The van der Waals surface area contributed by atoms with Crippen LogP contribution in [0.5, 0.6) is 0 Å². The van der Waals surface area contributed by atoms with Crippen LogP contribution in [-0.4, -0.2) is 48.2 Å². The van der Waals surface area contributed by atoms with Crippen molar-refractivity contribution in [1.82, 2.24) is 4.90 Å². The van der Waals surface area contributed by atoms with Crippen molar-refractivity contribution in [2.75, 3.05) is 20.2 Å². The lowest BCUT2D eigenvalue weighted by Crippen LogP contribution is -2.40. The van der Waals surface area contributed by atoms with Gasteiger partial charge in [0.1, 0.15) is 0 Å². The fraction of sp³-hybridized carbons (Fsp3) is 0.800. The molecule has 1 aliphatic heterocycles. The van der Waals surface area contributed by atoms with Crippen LogP contribution in [0.2, 0.25) is 0 Å². The molecule has 86 valence electrons. The quantitative estimate of drug-likeness (QED) is 0.669. The van der Waals surface area contributed by atoms with Crippen LogP contribution in [0.15, 0.2) is 0 Å². The van der Waals surface area contributed by atoms with Crippen LogP contribution < -0.4 is 0 Å². The number of ether oxygens (including phenoxy) is 1. The van der Waals surface area contributed by atoms with Crippen LogP contribution >= 0.6 is 0 Å². The predicted molar refractivity (Wildman–Crippen MR) is 53.1 cm³/mol. The summed E-state index contributed by atoms with van der Waals surface area (Å²) < 4.78 is 4.46. The van der Waals surface area contributed by atoms with Crippen molar-refractivity contribution in [2.45, 2.75) is 31.8 Å². The average Bonchev–Trinajstić information content (AvgIpc) is 2.26. The Hall–Kier alpha value is -1.10. The third kappa shape index (κ3) is 3.87. The van der Waals surface area contributed by atoms with Gasteiger partial charge in [-0.3, -0.25) is 9.59 Å². The van der Waals surface area contributed by atoms with Gasteiger partial charge in [-0.2, -0.15) is 0 Å². The summed E-state index contributed by atoms with van der Waals surface area (Å²) in [4.78, 5) is 24.1. The molecule has 5 heteroatoms. The van der Waals surface area contributed by atoms with Crippen molar-refractivity contribution in [2.24, 2.45) is 0 Å². The lowest BCUT2D eigenvalue weighted by molar-refractivity contribution is -0.144. The van der Waals surface area contributed by atoms with Crippen LogP contribution in [0.1, 0.15) is 25.7 Å². The molecule has 1 fully saturated rings. The van der Waals surface area contributed by atoms with E-state index < -0.39 is 0 Å².